The monoisotopic (exact) mass is 330 g/mol. The van der Waals surface area contributed by atoms with Crippen molar-refractivity contribution in [3.8, 4) is 0 Å². The van der Waals surface area contributed by atoms with E-state index in [2.05, 4.69) is 21.4 Å². The molecule has 0 saturated heterocycles. The number of hydrogen-bond acceptors (Lipinski definition) is 2. The van der Waals surface area contributed by atoms with Crippen molar-refractivity contribution in [2.24, 2.45) is 5.84 Å². The van der Waals surface area contributed by atoms with Crippen LogP contribution >= 0.6 is 15.9 Å². The van der Waals surface area contributed by atoms with Crippen LogP contribution in [0.5, 0.6) is 0 Å². The van der Waals surface area contributed by atoms with Gasteiger partial charge >= 0.3 is 0 Å². The van der Waals surface area contributed by atoms with E-state index >= 15 is 0 Å². The Morgan fingerprint density at radius 3 is 2.37 bits per heavy atom. The molecule has 2 rings (SSSR count). The molecule has 0 fully saturated rings. The Morgan fingerprint density at radius 2 is 1.74 bits per heavy atom. The Balaban J connectivity index is 2.53. The van der Waals surface area contributed by atoms with E-state index in [1.807, 2.05) is 0 Å². The summed E-state index contributed by atoms with van der Waals surface area (Å²) >= 11 is 3.09. The first-order chi connectivity index (χ1) is 9.04. The molecule has 0 amide bonds. The number of benzene rings is 2. The van der Waals surface area contributed by atoms with Crippen LogP contribution in [0.2, 0.25) is 0 Å². The summed E-state index contributed by atoms with van der Waals surface area (Å²) in [5.74, 6) is 3.49. The molecule has 0 spiro atoms. The van der Waals surface area contributed by atoms with Crippen LogP contribution in [-0.4, -0.2) is 0 Å². The van der Waals surface area contributed by atoms with Gasteiger partial charge in [0.2, 0.25) is 0 Å². The molecule has 0 radical (unpaired) electrons. The lowest BCUT2D eigenvalue weighted by Gasteiger charge is -2.19. The van der Waals surface area contributed by atoms with Gasteiger partial charge in [0, 0.05) is 11.6 Å². The fourth-order valence-electron chi connectivity index (χ4n) is 1.83. The lowest BCUT2D eigenvalue weighted by Crippen LogP contribution is -2.30. The van der Waals surface area contributed by atoms with Gasteiger partial charge in [0.15, 0.2) is 0 Å². The van der Waals surface area contributed by atoms with E-state index in [9.17, 15) is 13.2 Å². The predicted octanol–water partition coefficient (Wildman–Crippen LogP) is 3.42. The predicted molar refractivity (Wildman–Crippen MR) is 69.6 cm³/mol. The standard InChI is InChI=1S/C13H10BrF3N2/c14-12-9(2-1-3-10(12)16)13(19-18)8-5-4-7(15)6-11(8)17/h1-6,13,19H,18H2. The first-order valence-electron chi connectivity index (χ1n) is 5.39. The van der Waals surface area contributed by atoms with E-state index in [0.717, 1.165) is 12.1 Å². The molecule has 3 N–H and O–H groups in total. The number of hydrazine groups is 1. The molecule has 0 aliphatic rings. The summed E-state index contributed by atoms with van der Waals surface area (Å²) in [6.07, 6.45) is 0. The summed E-state index contributed by atoms with van der Waals surface area (Å²) in [6, 6.07) is 6.71. The largest absolute Gasteiger partial charge is 0.271 e. The normalized spacial score (nSPS) is 12.5. The lowest BCUT2D eigenvalue weighted by molar-refractivity contribution is 0.537. The van der Waals surface area contributed by atoms with Crippen LogP contribution in [0, 0.1) is 17.5 Å². The minimum Gasteiger partial charge on any atom is -0.271 e. The zero-order chi connectivity index (χ0) is 14.0. The fraction of sp³-hybridized carbons (Fsp3) is 0.0769. The first-order valence-corrected chi connectivity index (χ1v) is 6.19. The Kier molecular flexibility index (Phi) is 4.24. The van der Waals surface area contributed by atoms with E-state index in [0.29, 0.717) is 5.56 Å². The second-order valence-electron chi connectivity index (χ2n) is 3.91. The molecular formula is C13H10BrF3N2. The molecule has 2 nitrogen and oxygen atoms in total. The van der Waals surface area contributed by atoms with Crippen molar-refractivity contribution in [3.63, 3.8) is 0 Å². The third-order valence-electron chi connectivity index (χ3n) is 2.73. The summed E-state index contributed by atoms with van der Waals surface area (Å²) in [5, 5.41) is 0. The van der Waals surface area contributed by atoms with Crippen LogP contribution in [0.4, 0.5) is 13.2 Å². The van der Waals surface area contributed by atoms with Crippen LogP contribution in [0.25, 0.3) is 0 Å². The first kappa shape index (κ1) is 14.0. The molecule has 1 atom stereocenters. The molecular weight excluding hydrogens is 321 g/mol. The van der Waals surface area contributed by atoms with Gasteiger partial charge in [-0.1, -0.05) is 18.2 Å². The highest BCUT2D eigenvalue weighted by Crippen LogP contribution is 2.31. The van der Waals surface area contributed by atoms with Crippen LogP contribution in [0.3, 0.4) is 0 Å². The Morgan fingerprint density at radius 1 is 1.00 bits per heavy atom. The molecule has 0 aromatic heterocycles. The smallest absolute Gasteiger partial charge is 0.137 e. The number of hydrogen-bond donors (Lipinski definition) is 2. The molecule has 19 heavy (non-hydrogen) atoms. The van der Waals surface area contributed by atoms with Crippen LogP contribution in [-0.2, 0) is 0 Å². The van der Waals surface area contributed by atoms with Crippen molar-refractivity contribution in [2.75, 3.05) is 0 Å². The van der Waals surface area contributed by atoms with E-state index in [4.69, 9.17) is 5.84 Å². The molecule has 2 aromatic rings. The number of nitrogens with one attached hydrogen (secondary N) is 1. The molecule has 0 saturated carbocycles. The van der Waals surface area contributed by atoms with E-state index in [1.54, 1.807) is 6.07 Å². The number of halogens is 4. The van der Waals surface area contributed by atoms with Gasteiger partial charge in [0.05, 0.1) is 10.5 Å². The summed E-state index contributed by atoms with van der Waals surface area (Å²) in [5.41, 5.74) is 2.96. The van der Waals surface area contributed by atoms with Gasteiger partial charge < -0.3 is 0 Å². The summed E-state index contributed by atoms with van der Waals surface area (Å²) in [6.45, 7) is 0. The Hall–Kier alpha value is -1.37. The molecule has 0 heterocycles. The van der Waals surface area contributed by atoms with E-state index in [-0.39, 0.29) is 10.0 Å². The summed E-state index contributed by atoms with van der Waals surface area (Å²) in [4.78, 5) is 0. The minimum atomic E-state index is -0.786. The van der Waals surface area contributed by atoms with Crippen molar-refractivity contribution in [2.45, 2.75) is 6.04 Å². The number of nitrogens with two attached hydrogens (primary N) is 1. The van der Waals surface area contributed by atoms with Crippen LogP contribution in [0.15, 0.2) is 40.9 Å². The highest BCUT2D eigenvalue weighted by atomic mass is 79.9. The van der Waals surface area contributed by atoms with Gasteiger partial charge in [-0.25, -0.2) is 18.6 Å². The maximum atomic E-state index is 13.8. The molecule has 2 aromatic carbocycles. The fourth-order valence-corrected chi connectivity index (χ4v) is 2.32. The molecule has 6 heteroatoms. The van der Waals surface area contributed by atoms with Crippen molar-refractivity contribution in [3.05, 3.63) is 69.4 Å². The van der Waals surface area contributed by atoms with Gasteiger partial charge in [-0.3, -0.25) is 5.84 Å². The highest BCUT2D eigenvalue weighted by Gasteiger charge is 2.20. The van der Waals surface area contributed by atoms with Crippen LogP contribution < -0.4 is 11.3 Å². The van der Waals surface area contributed by atoms with Crippen molar-refractivity contribution in [1.29, 1.82) is 0 Å². The average Bonchev–Trinajstić information content (AvgIpc) is 2.37. The van der Waals surface area contributed by atoms with Crippen molar-refractivity contribution >= 4 is 15.9 Å². The topological polar surface area (TPSA) is 38.0 Å². The third kappa shape index (κ3) is 2.80. The van der Waals surface area contributed by atoms with Gasteiger partial charge in [-0.05, 0) is 33.6 Å². The summed E-state index contributed by atoms with van der Waals surface area (Å²) in [7, 11) is 0. The summed E-state index contributed by atoms with van der Waals surface area (Å²) < 4.78 is 40.3. The van der Waals surface area contributed by atoms with Crippen LogP contribution in [0.1, 0.15) is 17.2 Å². The molecule has 100 valence electrons. The zero-order valence-corrected chi connectivity index (χ0v) is 11.2. The highest BCUT2D eigenvalue weighted by molar-refractivity contribution is 9.10. The SMILES string of the molecule is NNC(c1ccc(F)cc1F)c1cccc(F)c1Br. The molecule has 1 unspecified atom stereocenters. The molecule has 0 aliphatic carbocycles. The second kappa shape index (κ2) is 5.73. The van der Waals surface area contributed by atoms with Gasteiger partial charge in [0.1, 0.15) is 17.5 Å². The van der Waals surface area contributed by atoms with Crippen molar-refractivity contribution in [1.82, 2.24) is 5.43 Å². The maximum Gasteiger partial charge on any atom is 0.137 e. The minimum absolute atomic E-state index is 0.134. The quantitative estimate of drug-likeness (QED) is 0.668. The zero-order valence-electron chi connectivity index (χ0n) is 9.63. The molecule has 0 aliphatic heterocycles. The second-order valence-corrected chi connectivity index (χ2v) is 4.70. The van der Waals surface area contributed by atoms with E-state index < -0.39 is 23.5 Å². The van der Waals surface area contributed by atoms with Gasteiger partial charge in [-0.2, -0.15) is 0 Å². The lowest BCUT2D eigenvalue weighted by atomic mass is 9.98. The van der Waals surface area contributed by atoms with Gasteiger partial charge in [-0.15, -0.1) is 0 Å². The Labute approximate surface area is 116 Å². The van der Waals surface area contributed by atoms with Gasteiger partial charge in [0.25, 0.3) is 0 Å². The maximum absolute atomic E-state index is 13.8. The van der Waals surface area contributed by atoms with Crippen molar-refractivity contribution < 1.29 is 13.2 Å². The molecule has 0 bridgehead atoms. The average molecular weight is 331 g/mol. The third-order valence-corrected chi connectivity index (χ3v) is 3.57. The Bertz CT molecular complexity index is 604. The number of rotatable bonds is 3. The van der Waals surface area contributed by atoms with E-state index in [1.165, 1.54) is 18.2 Å².